The predicted molar refractivity (Wildman–Crippen MR) is 129 cm³/mol. The monoisotopic (exact) mass is 478 g/mol. The number of nitrogens with one attached hydrogen (secondary N) is 2. The fourth-order valence-corrected chi connectivity index (χ4v) is 3.63. The average Bonchev–Trinajstić information content (AvgIpc) is 3.15. The van der Waals surface area contributed by atoms with Crippen molar-refractivity contribution in [2.75, 3.05) is 5.32 Å². The van der Waals surface area contributed by atoms with Gasteiger partial charge in [-0.25, -0.2) is 4.79 Å². The van der Waals surface area contributed by atoms with Gasteiger partial charge in [0, 0.05) is 11.3 Å². The lowest BCUT2D eigenvalue weighted by Crippen LogP contribution is -2.17. The molecule has 0 fully saturated rings. The molecule has 0 bridgehead atoms. The molecule has 0 saturated heterocycles. The number of carbonyl (C=O) groups excluding carboxylic acids is 2. The largest absolute Gasteiger partial charge is 0.425 e. The normalized spacial score (nSPS) is 10.6. The number of rotatable bonds is 6. The summed E-state index contributed by atoms with van der Waals surface area (Å²) in [5, 5.41) is 10.1. The van der Waals surface area contributed by atoms with Gasteiger partial charge < -0.3 is 10.1 Å². The number of H-pyrrole nitrogens is 1. The number of aromatic amines is 1. The van der Waals surface area contributed by atoms with Crippen molar-refractivity contribution in [2.45, 2.75) is 13.5 Å². The molecule has 0 aliphatic heterocycles. The second-order valence-electron chi connectivity index (χ2n) is 7.24. The number of anilines is 1. The number of halogens is 1. The molecule has 1 heterocycles. The molecule has 0 radical (unpaired) electrons. The molecule has 166 valence electrons. The van der Waals surface area contributed by atoms with Gasteiger partial charge in [0.1, 0.15) is 12.3 Å². The van der Waals surface area contributed by atoms with Crippen molar-refractivity contribution in [3.05, 3.63) is 93.7 Å². The number of esters is 1. The van der Waals surface area contributed by atoms with Crippen LogP contribution in [0.25, 0.3) is 11.4 Å². The lowest BCUT2D eigenvalue weighted by atomic mass is 10.1. The highest BCUT2D eigenvalue weighted by Crippen LogP contribution is 2.21. The van der Waals surface area contributed by atoms with Gasteiger partial charge in [0.25, 0.3) is 5.91 Å². The summed E-state index contributed by atoms with van der Waals surface area (Å²) in [5.74, 6) is 0.0544. The number of carbonyl (C=O) groups is 2. The Morgan fingerprint density at radius 2 is 1.85 bits per heavy atom. The van der Waals surface area contributed by atoms with Crippen molar-refractivity contribution in [2.24, 2.45) is 0 Å². The van der Waals surface area contributed by atoms with Crippen LogP contribution in [0.5, 0.6) is 5.75 Å². The molecule has 2 N–H and O–H groups in total. The van der Waals surface area contributed by atoms with Crippen molar-refractivity contribution in [3.63, 3.8) is 0 Å². The maximum absolute atomic E-state index is 12.6. The minimum absolute atomic E-state index is 0.108. The Kier molecular flexibility index (Phi) is 6.67. The van der Waals surface area contributed by atoms with Gasteiger partial charge in [0.15, 0.2) is 10.6 Å². The van der Waals surface area contributed by atoms with Crippen molar-refractivity contribution >= 4 is 41.4 Å². The Balaban J connectivity index is 1.42. The van der Waals surface area contributed by atoms with E-state index in [9.17, 15) is 9.59 Å². The first kappa shape index (κ1) is 22.4. The minimum atomic E-state index is -0.505. The zero-order valence-corrected chi connectivity index (χ0v) is 19.1. The maximum Gasteiger partial charge on any atom is 0.331 e. The molecule has 0 aliphatic rings. The molecule has 1 amide bonds. The van der Waals surface area contributed by atoms with Gasteiger partial charge in [-0.1, -0.05) is 47.5 Å². The van der Waals surface area contributed by atoms with Gasteiger partial charge in [0.05, 0.1) is 10.6 Å². The molecule has 4 aromatic rings. The zero-order chi connectivity index (χ0) is 23.4. The van der Waals surface area contributed by atoms with Crippen LogP contribution < -0.4 is 10.1 Å². The lowest BCUT2D eigenvalue weighted by molar-refractivity contribution is -0.135. The van der Waals surface area contributed by atoms with E-state index in [1.807, 2.05) is 31.2 Å². The second kappa shape index (κ2) is 9.81. The van der Waals surface area contributed by atoms with E-state index in [2.05, 4.69) is 15.5 Å². The van der Waals surface area contributed by atoms with E-state index < -0.39 is 5.97 Å². The molecular formula is C24H19ClN4O3S. The van der Waals surface area contributed by atoms with Gasteiger partial charge in [-0.3, -0.25) is 14.5 Å². The fraction of sp³-hybridized carbons (Fsp3) is 0.0833. The predicted octanol–water partition coefficient (Wildman–Crippen LogP) is 5.43. The number of hydrogen-bond donors (Lipinski definition) is 2. The van der Waals surface area contributed by atoms with Crippen molar-refractivity contribution in [1.29, 1.82) is 0 Å². The van der Waals surface area contributed by atoms with E-state index in [1.165, 1.54) is 0 Å². The van der Waals surface area contributed by atoms with E-state index >= 15 is 0 Å². The molecule has 0 spiro atoms. The third kappa shape index (κ3) is 5.36. The van der Waals surface area contributed by atoms with Gasteiger partial charge in [-0.2, -0.15) is 5.10 Å². The number of hydrogen-bond acceptors (Lipinski definition) is 5. The SMILES string of the molecule is Cc1cccc(-c2n[nH]c(=S)n2CC(=O)Oc2ccc(NC(=O)c3ccccc3Cl)cc2)c1. The summed E-state index contributed by atoms with van der Waals surface area (Å²) in [5.41, 5.74) is 2.82. The van der Waals surface area contributed by atoms with E-state index in [0.717, 1.165) is 11.1 Å². The first-order valence-corrected chi connectivity index (χ1v) is 10.8. The van der Waals surface area contributed by atoms with Crippen LogP contribution in [0.4, 0.5) is 5.69 Å². The maximum atomic E-state index is 12.6. The van der Waals surface area contributed by atoms with Gasteiger partial charge in [-0.05, 0) is 61.6 Å². The van der Waals surface area contributed by atoms with Crippen LogP contribution >= 0.6 is 23.8 Å². The molecular weight excluding hydrogens is 460 g/mol. The number of ether oxygens (including phenoxy) is 1. The number of benzene rings is 3. The topological polar surface area (TPSA) is 89.0 Å². The Bertz CT molecular complexity index is 1380. The van der Waals surface area contributed by atoms with E-state index in [-0.39, 0.29) is 12.5 Å². The van der Waals surface area contributed by atoms with Crippen LogP contribution in [0.15, 0.2) is 72.8 Å². The van der Waals surface area contributed by atoms with E-state index in [1.54, 1.807) is 53.1 Å². The first-order chi connectivity index (χ1) is 15.9. The van der Waals surface area contributed by atoms with E-state index in [4.69, 9.17) is 28.6 Å². The molecule has 0 aliphatic carbocycles. The third-order valence-electron chi connectivity index (χ3n) is 4.78. The smallest absolute Gasteiger partial charge is 0.331 e. The summed E-state index contributed by atoms with van der Waals surface area (Å²) < 4.78 is 7.35. The number of nitrogens with zero attached hydrogens (tertiary/aromatic N) is 2. The molecule has 3 aromatic carbocycles. The Morgan fingerprint density at radius 3 is 2.58 bits per heavy atom. The lowest BCUT2D eigenvalue weighted by Gasteiger charge is -2.09. The summed E-state index contributed by atoms with van der Waals surface area (Å²) in [6, 6.07) is 21.0. The molecule has 9 heteroatoms. The fourth-order valence-electron chi connectivity index (χ4n) is 3.21. The van der Waals surface area contributed by atoms with Crippen LogP contribution in [-0.2, 0) is 11.3 Å². The average molecular weight is 479 g/mol. The first-order valence-electron chi connectivity index (χ1n) is 9.99. The molecule has 4 rings (SSSR count). The van der Waals surface area contributed by atoms with Crippen LogP contribution in [0, 0.1) is 11.7 Å². The standard InChI is InChI=1S/C24H19ClN4O3S/c1-15-5-4-6-16(13-15)22-27-28-24(33)29(22)14-21(30)32-18-11-9-17(10-12-18)26-23(31)19-7-2-3-8-20(19)25/h2-13H,14H2,1H3,(H,26,31)(H,28,33). The Morgan fingerprint density at radius 1 is 1.09 bits per heavy atom. The van der Waals surface area contributed by atoms with Crippen LogP contribution in [-0.4, -0.2) is 26.6 Å². The summed E-state index contributed by atoms with van der Waals surface area (Å²) in [7, 11) is 0. The highest BCUT2D eigenvalue weighted by Gasteiger charge is 2.15. The van der Waals surface area contributed by atoms with Gasteiger partial charge in [-0.15, -0.1) is 0 Å². The van der Waals surface area contributed by atoms with E-state index in [0.29, 0.717) is 32.6 Å². The molecule has 0 atom stereocenters. The van der Waals surface area contributed by atoms with Crippen LogP contribution in [0.1, 0.15) is 15.9 Å². The molecule has 7 nitrogen and oxygen atoms in total. The zero-order valence-electron chi connectivity index (χ0n) is 17.5. The molecule has 0 saturated carbocycles. The van der Waals surface area contributed by atoms with Crippen LogP contribution in [0.2, 0.25) is 5.02 Å². The third-order valence-corrected chi connectivity index (χ3v) is 5.43. The quantitative estimate of drug-likeness (QED) is 0.219. The van der Waals surface area contributed by atoms with Crippen molar-refractivity contribution in [3.8, 4) is 17.1 Å². The summed E-state index contributed by atoms with van der Waals surface area (Å²) in [6.45, 7) is 1.87. The summed E-state index contributed by atoms with van der Waals surface area (Å²) >= 11 is 11.3. The Hall–Kier alpha value is -3.75. The highest BCUT2D eigenvalue weighted by molar-refractivity contribution is 7.71. The van der Waals surface area contributed by atoms with Gasteiger partial charge >= 0.3 is 5.97 Å². The number of aryl methyl sites for hydroxylation is 1. The molecule has 1 aromatic heterocycles. The second-order valence-corrected chi connectivity index (χ2v) is 8.03. The Labute approximate surface area is 200 Å². The summed E-state index contributed by atoms with van der Waals surface area (Å²) in [4.78, 5) is 24.9. The van der Waals surface area contributed by atoms with Crippen molar-refractivity contribution in [1.82, 2.24) is 14.8 Å². The summed E-state index contributed by atoms with van der Waals surface area (Å²) in [6.07, 6.45) is 0. The highest BCUT2D eigenvalue weighted by atomic mass is 35.5. The molecule has 0 unspecified atom stereocenters. The van der Waals surface area contributed by atoms with Crippen molar-refractivity contribution < 1.29 is 14.3 Å². The number of amides is 1. The van der Waals surface area contributed by atoms with Gasteiger partial charge in [0.2, 0.25) is 0 Å². The molecule has 33 heavy (non-hydrogen) atoms. The number of aromatic nitrogens is 3. The minimum Gasteiger partial charge on any atom is -0.425 e. The van der Waals surface area contributed by atoms with Crippen LogP contribution in [0.3, 0.4) is 0 Å².